The third kappa shape index (κ3) is 3.23. The number of carbonyl (C=O) groups is 2. The highest BCUT2D eigenvalue weighted by Crippen LogP contribution is 2.21. The Morgan fingerprint density at radius 3 is 2.24 bits per heavy atom. The molecule has 4 nitrogen and oxygen atoms in total. The molecule has 0 unspecified atom stereocenters. The number of aromatic carboxylic acids is 1. The number of carbonyl (C=O) groups excluding carboxylic acids is 1. The van der Waals surface area contributed by atoms with Crippen LogP contribution in [0.2, 0.25) is 5.02 Å². The van der Waals surface area contributed by atoms with Gasteiger partial charge in [0.1, 0.15) is 0 Å². The lowest BCUT2D eigenvalue weighted by Gasteiger charge is -2.13. The third-order valence-electron chi connectivity index (χ3n) is 3.15. The van der Waals surface area contributed by atoms with Crippen LogP contribution >= 0.6 is 11.6 Å². The van der Waals surface area contributed by atoms with Crippen LogP contribution in [0.5, 0.6) is 0 Å². The van der Waals surface area contributed by atoms with Gasteiger partial charge < -0.3 is 10.4 Å². The van der Waals surface area contributed by atoms with Gasteiger partial charge in [-0.25, -0.2) is 4.79 Å². The Hall–Kier alpha value is -2.33. The average molecular weight is 304 g/mol. The number of aryl methyl sites for hydroxylation is 2. The molecule has 0 fully saturated rings. The molecule has 108 valence electrons. The van der Waals surface area contributed by atoms with Crippen molar-refractivity contribution in [1.29, 1.82) is 0 Å². The van der Waals surface area contributed by atoms with E-state index in [0.29, 0.717) is 21.8 Å². The van der Waals surface area contributed by atoms with Gasteiger partial charge in [-0.05, 0) is 43.2 Å². The van der Waals surface area contributed by atoms with Gasteiger partial charge in [0.05, 0.1) is 11.1 Å². The Morgan fingerprint density at radius 2 is 1.67 bits per heavy atom. The van der Waals surface area contributed by atoms with Crippen LogP contribution in [0.1, 0.15) is 31.8 Å². The first-order valence-corrected chi connectivity index (χ1v) is 6.68. The van der Waals surface area contributed by atoms with E-state index in [-0.39, 0.29) is 11.1 Å². The molecule has 2 aromatic carbocycles. The molecule has 0 atom stereocenters. The summed E-state index contributed by atoms with van der Waals surface area (Å²) in [6, 6.07) is 10.1. The second-order valence-electron chi connectivity index (χ2n) is 4.72. The summed E-state index contributed by atoms with van der Waals surface area (Å²) < 4.78 is 0. The van der Waals surface area contributed by atoms with E-state index in [4.69, 9.17) is 11.6 Å². The summed E-state index contributed by atoms with van der Waals surface area (Å²) in [6.07, 6.45) is 0. The fourth-order valence-electron chi connectivity index (χ4n) is 2.14. The zero-order chi connectivity index (χ0) is 15.6. The molecule has 1 amide bonds. The summed E-state index contributed by atoms with van der Waals surface area (Å²) in [5.41, 5.74) is 1.86. The Kier molecular flexibility index (Phi) is 4.29. The number of carboxylic acids is 1. The smallest absolute Gasteiger partial charge is 0.336 e. The van der Waals surface area contributed by atoms with Gasteiger partial charge in [0, 0.05) is 10.7 Å². The van der Waals surface area contributed by atoms with E-state index in [1.165, 1.54) is 0 Å². The zero-order valence-electron chi connectivity index (χ0n) is 11.6. The summed E-state index contributed by atoms with van der Waals surface area (Å²) in [7, 11) is 0. The number of hydrogen-bond acceptors (Lipinski definition) is 2. The van der Waals surface area contributed by atoms with Crippen LogP contribution in [-0.4, -0.2) is 17.0 Å². The molecular formula is C16H14ClNO3. The first-order chi connectivity index (χ1) is 9.90. The van der Waals surface area contributed by atoms with Crippen LogP contribution in [0.15, 0.2) is 36.4 Å². The molecule has 0 heterocycles. The van der Waals surface area contributed by atoms with Crippen molar-refractivity contribution in [1.82, 2.24) is 0 Å². The fraction of sp³-hybridized carbons (Fsp3) is 0.125. The van der Waals surface area contributed by atoms with E-state index in [0.717, 1.165) is 0 Å². The van der Waals surface area contributed by atoms with Crippen LogP contribution in [-0.2, 0) is 0 Å². The van der Waals surface area contributed by atoms with Crippen molar-refractivity contribution in [3.63, 3.8) is 0 Å². The van der Waals surface area contributed by atoms with Crippen molar-refractivity contribution in [3.8, 4) is 0 Å². The summed E-state index contributed by atoms with van der Waals surface area (Å²) in [4.78, 5) is 23.8. The number of rotatable bonds is 3. The van der Waals surface area contributed by atoms with Gasteiger partial charge in [-0.1, -0.05) is 29.8 Å². The highest BCUT2D eigenvalue weighted by atomic mass is 35.5. The quantitative estimate of drug-likeness (QED) is 0.903. The Balaban J connectivity index is 2.44. The number of halogens is 1. The number of benzene rings is 2. The topological polar surface area (TPSA) is 66.4 Å². The minimum atomic E-state index is -1.12. The van der Waals surface area contributed by atoms with E-state index >= 15 is 0 Å². The van der Waals surface area contributed by atoms with Gasteiger partial charge in [-0.2, -0.15) is 0 Å². The van der Waals surface area contributed by atoms with Gasteiger partial charge >= 0.3 is 5.97 Å². The van der Waals surface area contributed by atoms with Crippen LogP contribution in [0.25, 0.3) is 0 Å². The first-order valence-electron chi connectivity index (χ1n) is 6.30. The Bertz CT molecular complexity index is 725. The molecule has 0 spiro atoms. The molecule has 0 saturated heterocycles. The van der Waals surface area contributed by atoms with Crippen molar-refractivity contribution in [2.75, 3.05) is 5.32 Å². The fourth-order valence-corrected chi connectivity index (χ4v) is 2.33. The SMILES string of the molecule is Cc1ccc(C)c(C(=O)Nc2cccc(Cl)c2)c1C(=O)O. The minimum Gasteiger partial charge on any atom is -0.478 e. The lowest BCUT2D eigenvalue weighted by Crippen LogP contribution is -2.19. The second kappa shape index (κ2) is 5.97. The van der Waals surface area contributed by atoms with Gasteiger partial charge in [0.15, 0.2) is 0 Å². The second-order valence-corrected chi connectivity index (χ2v) is 5.16. The molecule has 21 heavy (non-hydrogen) atoms. The minimum absolute atomic E-state index is 0.0227. The molecule has 0 aliphatic carbocycles. The molecule has 0 aromatic heterocycles. The van der Waals surface area contributed by atoms with Gasteiger partial charge in [-0.15, -0.1) is 0 Å². The normalized spacial score (nSPS) is 10.2. The summed E-state index contributed by atoms with van der Waals surface area (Å²) in [6.45, 7) is 3.37. The largest absolute Gasteiger partial charge is 0.478 e. The van der Waals surface area contributed by atoms with Gasteiger partial charge in [0.2, 0.25) is 0 Å². The van der Waals surface area contributed by atoms with Crippen LogP contribution < -0.4 is 5.32 Å². The van der Waals surface area contributed by atoms with Crippen LogP contribution in [0.4, 0.5) is 5.69 Å². The monoisotopic (exact) mass is 303 g/mol. The lowest BCUT2D eigenvalue weighted by atomic mass is 9.96. The summed E-state index contributed by atoms with van der Waals surface area (Å²) in [5, 5.41) is 12.5. The molecule has 0 aliphatic rings. The maximum atomic E-state index is 12.4. The summed E-state index contributed by atoms with van der Waals surface area (Å²) >= 11 is 5.87. The Morgan fingerprint density at radius 1 is 1.05 bits per heavy atom. The average Bonchev–Trinajstić information content (AvgIpc) is 2.40. The van der Waals surface area contributed by atoms with E-state index in [2.05, 4.69) is 5.32 Å². The highest BCUT2D eigenvalue weighted by Gasteiger charge is 2.21. The van der Waals surface area contributed by atoms with Gasteiger partial charge in [-0.3, -0.25) is 4.79 Å². The number of carboxylic acid groups (broad SMARTS) is 1. The lowest BCUT2D eigenvalue weighted by molar-refractivity contribution is 0.0691. The summed E-state index contributed by atoms with van der Waals surface area (Å²) in [5.74, 6) is -1.58. The number of amides is 1. The van der Waals surface area contributed by atoms with Crippen molar-refractivity contribution < 1.29 is 14.7 Å². The molecule has 0 aliphatic heterocycles. The number of anilines is 1. The maximum absolute atomic E-state index is 12.4. The van der Waals surface area contributed by atoms with E-state index in [1.54, 1.807) is 50.2 Å². The molecule has 2 rings (SSSR count). The van der Waals surface area contributed by atoms with Crippen molar-refractivity contribution >= 4 is 29.2 Å². The highest BCUT2D eigenvalue weighted by molar-refractivity contribution is 6.31. The molecular weight excluding hydrogens is 290 g/mol. The zero-order valence-corrected chi connectivity index (χ0v) is 12.4. The Labute approximate surface area is 127 Å². The maximum Gasteiger partial charge on any atom is 0.336 e. The van der Waals surface area contributed by atoms with E-state index in [1.807, 2.05) is 0 Å². The molecule has 5 heteroatoms. The standard InChI is InChI=1S/C16H14ClNO3/c1-9-6-7-10(2)14(16(20)21)13(9)15(19)18-12-5-3-4-11(17)8-12/h3-8H,1-2H3,(H,18,19)(H,20,21). The number of nitrogens with one attached hydrogen (secondary N) is 1. The van der Waals surface area contributed by atoms with Crippen molar-refractivity contribution in [2.24, 2.45) is 0 Å². The van der Waals surface area contributed by atoms with Crippen molar-refractivity contribution in [3.05, 3.63) is 63.7 Å². The van der Waals surface area contributed by atoms with E-state index < -0.39 is 11.9 Å². The van der Waals surface area contributed by atoms with Crippen LogP contribution in [0.3, 0.4) is 0 Å². The number of hydrogen-bond donors (Lipinski definition) is 2. The predicted octanol–water partition coefficient (Wildman–Crippen LogP) is 3.91. The predicted molar refractivity (Wildman–Crippen MR) is 82.3 cm³/mol. The molecule has 0 saturated carbocycles. The third-order valence-corrected chi connectivity index (χ3v) is 3.38. The van der Waals surface area contributed by atoms with Crippen molar-refractivity contribution in [2.45, 2.75) is 13.8 Å². The van der Waals surface area contributed by atoms with Gasteiger partial charge in [0.25, 0.3) is 5.91 Å². The molecule has 2 N–H and O–H groups in total. The van der Waals surface area contributed by atoms with Crippen LogP contribution in [0, 0.1) is 13.8 Å². The first kappa shape index (κ1) is 15.1. The molecule has 2 aromatic rings. The molecule has 0 bridgehead atoms. The molecule has 0 radical (unpaired) electrons. The van der Waals surface area contributed by atoms with E-state index in [9.17, 15) is 14.7 Å².